The smallest absolute Gasteiger partial charge is 0.416 e. The predicted molar refractivity (Wildman–Crippen MR) is 155 cm³/mol. The number of aliphatic hydroxyl groups excluding tert-OH is 1. The lowest BCUT2D eigenvalue weighted by atomic mass is 9.88. The van der Waals surface area contributed by atoms with E-state index in [-0.39, 0.29) is 42.0 Å². The van der Waals surface area contributed by atoms with Gasteiger partial charge < -0.3 is 15.5 Å². The number of benzene rings is 2. The first-order chi connectivity index (χ1) is 20.0. The maximum atomic E-state index is 13.7. The Morgan fingerprint density at radius 2 is 1.72 bits per heavy atom. The van der Waals surface area contributed by atoms with Gasteiger partial charge in [0.1, 0.15) is 5.69 Å². The Bertz CT molecular complexity index is 1550. The molecule has 4 rings (SSSR count). The van der Waals surface area contributed by atoms with E-state index in [0.717, 1.165) is 35.7 Å². The molecule has 43 heavy (non-hydrogen) atoms. The lowest BCUT2D eigenvalue weighted by Crippen LogP contribution is -2.47. The molecule has 232 valence electrons. The average Bonchev–Trinajstić information content (AvgIpc) is 3.33. The molecule has 1 aromatic heterocycles. The van der Waals surface area contributed by atoms with Gasteiger partial charge in [-0.1, -0.05) is 30.3 Å². The Morgan fingerprint density at radius 3 is 2.33 bits per heavy atom. The Hall–Kier alpha value is -3.32. The molecular formula is C31H36F3N3O5S. The summed E-state index contributed by atoms with van der Waals surface area (Å²) in [5, 5.41) is 23.2. The first kappa shape index (κ1) is 32.6. The Morgan fingerprint density at radius 1 is 1.07 bits per heavy atom. The number of nitrogens with zero attached hydrogens (tertiary/aromatic N) is 2. The first-order valence-electron chi connectivity index (χ1n) is 13.9. The SMILES string of the molecule is CN(C[C@H](O)CNC(C)(C)CC1Cc2ccccc2C1)S(=O)(=O)c1cc(Cc2cccc(C(=O)O)n2)cc(C(F)(F)F)c1. The molecule has 8 nitrogen and oxygen atoms in total. The van der Waals surface area contributed by atoms with Crippen molar-refractivity contribution >= 4 is 16.0 Å². The molecule has 1 aliphatic carbocycles. The number of β-amino-alcohol motifs (C(OH)–C–C–N with tert-alkyl or cyclic N) is 1. The third-order valence-corrected chi connectivity index (χ3v) is 9.43. The van der Waals surface area contributed by atoms with E-state index >= 15 is 0 Å². The number of sulfonamides is 1. The van der Waals surface area contributed by atoms with Gasteiger partial charge in [0, 0.05) is 37.8 Å². The fraction of sp³-hybridized carbons (Fsp3) is 0.419. The van der Waals surface area contributed by atoms with Crippen molar-refractivity contribution < 1.29 is 36.6 Å². The molecule has 0 bridgehead atoms. The van der Waals surface area contributed by atoms with Gasteiger partial charge >= 0.3 is 12.1 Å². The highest BCUT2D eigenvalue weighted by Gasteiger charge is 2.34. The lowest BCUT2D eigenvalue weighted by molar-refractivity contribution is -0.137. The van der Waals surface area contributed by atoms with Crippen LogP contribution in [0.15, 0.2) is 65.6 Å². The minimum Gasteiger partial charge on any atom is -0.477 e. The van der Waals surface area contributed by atoms with Crippen LogP contribution >= 0.6 is 0 Å². The van der Waals surface area contributed by atoms with Gasteiger partial charge in [0.05, 0.1) is 16.6 Å². The molecule has 12 heteroatoms. The van der Waals surface area contributed by atoms with Gasteiger partial charge in [0.2, 0.25) is 10.0 Å². The minimum atomic E-state index is -4.83. The maximum Gasteiger partial charge on any atom is 0.416 e. The van der Waals surface area contributed by atoms with Crippen LogP contribution in [-0.4, -0.2) is 65.7 Å². The summed E-state index contributed by atoms with van der Waals surface area (Å²) in [6, 6.07) is 14.9. The highest BCUT2D eigenvalue weighted by Crippen LogP contribution is 2.34. The zero-order chi connectivity index (χ0) is 31.6. The van der Waals surface area contributed by atoms with Crippen molar-refractivity contribution in [2.24, 2.45) is 5.92 Å². The standard InChI is InChI=1S/C31H36F3N3O5S/c1-30(2,17-21-11-22-7-4-5-8-23(22)12-21)35-18-26(38)19-37(3)43(41,42)27-15-20(13-24(16-27)31(32,33)34)14-25-9-6-10-28(36-25)29(39)40/h4-10,13,15-16,21,26,35,38H,11-12,14,17-19H2,1-3H3,(H,39,40)/t26-/m1/s1. The highest BCUT2D eigenvalue weighted by molar-refractivity contribution is 7.89. The monoisotopic (exact) mass is 619 g/mol. The zero-order valence-corrected chi connectivity index (χ0v) is 25.0. The summed E-state index contributed by atoms with van der Waals surface area (Å²) in [5.41, 5.74) is 1.07. The summed E-state index contributed by atoms with van der Waals surface area (Å²) in [7, 11) is -3.22. The molecule has 0 radical (unpaired) electrons. The number of alkyl halides is 3. The quantitative estimate of drug-likeness (QED) is 0.272. The Labute approximate surface area is 249 Å². The number of halogens is 3. The fourth-order valence-corrected chi connectivity index (χ4v) is 6.91. The number of aliphatic hydroxyl groups is 1. The third-order valence-electron chi connectivity index (χ3n) is 7.63. The van der Waals surface area contributed by atoms with Crippen molar-refractivity contribution in [1.82, 2.24) is 14.6 Å². The van der Waals surface area contributed by atoms with Crippen molar-refractivity contribution in [3.63, 3.8) is 0 Å². The van der Waals surface area contributed by atoms with E-state index in [9.17, 15) is 31.5 Å². The zero-order valence-electron chi connectivity index (χ0n) is 24.2. The summed E-state index contributed by atoms with van der Waals surface area (Å²) in [6.07, 6.45) is -3.36. The molecule has 3 N–H and O–H groups in total. The summed E-state index contributed by atoms with van der Waals surface area (Å²) in [4.78, 5) is 14.6. The predicted octanol–water partition coefficient (Wildman–Crippen LogP) is 4.54. The number of carboxylic acid groups (broad SMARTS) is 1. The number of pyridine rings is 1. The van der Waals surface area contributed by atoms with Gasteiger partial charge in [-0.2, -0.15) is 17.5 Å². The lowest BCUT2D eigenvalue weighted by Gasteiger charge is -2.31. The van der Waals surface area contributed by atoms with Crippen LogP contribution < -0.4 is 5.32 Å². The number of likely N-dealkylation sites (N-methyl/N-ethyl adjacent to an activating group) is 1. The number of hydrogen-bond acceptors (Lipinski definition) is 6. The van der Waals surface area contributed by atoms with Crippen LogP contribution in [0.5, 0.6) is 0 Å². The van der Waals surface area contributed by atoms with Crippen LogP contribution in [0.1, 0.15) is 58.7 Å². The van der Waals surface area contributed by atoms with Crippen LogP contribution in [0.3, 0.4) is 0 Å². The molecule has 0 unspecified atom stereocenters. The Balaban J connectivity index is 1.43. The van der Waals surface area contributed by atoms with Gasteiger partial charge in [-0.25, -0.2) is 18.2 Å². The van der Waals surface area contributed by atoms with E-state index in [2.05, 4.69) is 22.4 Å². The number of aromatic carboxylic acids is 1. The van der Waals surface area contributed by atoms with Crippen molar-refractivity contribution in [2.45, 2.75) is 62.2 Å². The minimum absolute atomic E-state index is 0.00475. The van der Waals surface area contributed by atoms with Crippen molar-refractivity contribution in [1.29, 1.82) is 0 Å². The summed E-state index contributed by atoms with van der Waals surface area (Å²) in [6.45, 7) is 3.79. The first-order valence-corrected chi connectivity index (χ1v) is 15.3. The number of aromatic nitrogens is 1. The topological polar surface area (TPSA) is 120 Å². The van der Waals surface area contributed by atoms with Gasteiger partial charge in [0.15, 0.2) is 0 Å². The third kappa shape index (κ3) is 8.41. The molecule has 2 aromatic carbocycles. The molecular weight excluding hydrogens is 583 g/mol. The van der Waals surface area contributed by atoms with Gasteiger partial charge in [-0.3, -0.25) is 0 Å². The van der Waals surface area contributed by atoms with E-state index in [1.54, 1.807) is 0 Å². The van der Waals surface area contributed by atoms with Crippen molar-refractivity contribution in [2.75, 3.05) is 20.1 Å². The van der Waals surface area contributed by atoms with E-state index < -0.39 is 38.7 Å². The second kappa shape index (κ2) is 12.7. The van der Waals surface area contributed by atoms with Gasteiger partial charge in [0.25, 0.3) is 0 Å². The summed E-state index contributed by atoms with van der Waals surface area (Å²) in [5.74, 6) is -0.853. The van der Waals surface area contributed by atoms with Crippen LogP contribution in [0.4, 0.5) is 13.2 Å². The molecule has 1 atom stereocenters. The van der Waals surface area contributed by atoms with Crippen LogP contribution in [0, 0.1) is 5.92 Å². The van der Waals surface area contributed by atoms with E-state index in [0.29, 0.717) is 12.0 Å². The second-order valence-electron chi connectivity index (χ2n) is 11.8. The van der Waals surface area contributed by atoms with E-state index in [1.165, 1.54) is 36.4 Å². The molecule has 1 heterocycles. The highest BCUT2D eigenvalue weighted by atomic mass is 32.2. The Kier molecular flexibility index (Phi) is 9.65. The summed E-state index contributed by atoms with van der Waals surface area (Å²) < 4.78 is 68.8. The second-order valence-corrected chi connectivity index (χ2v) is 13.9. The average molecular weight is 620 g/mol. The van der Waals surface area contributed by atoms with Gasteiger partial charge in [-0.15, -0.1) is 0 Å². The molecule has 0 aliphatic heterocycles. The van der Waals surface area contributed by atoms with Gasteiger partial charge in [-0.05, 0) is 86.1 Å². The molecule has 0 amide bonds. The number of carboxylic acids is 1. The van der Waals surface area contributed by atoms with Crippen molar-refractivity contribution in [3.05, 3.63) is 94.3 Å². The molecule has 0 saturated heterocycles. The van der Waals surface area contributed by atoms with E-state index in [4.69, 9.17) is 5.11 Å². The van der Waals surface area contributed by atoms with E-state index in [1.807, 2.05) is 26.0 Å². The van der Waals surface area contributed by atoms with Crippen LogP contribution in [-0.2, 0) is 35.5 Å². The molecule has 0 spiro atoms. The number of hydrogen-bond donors (Lipinski definition) is 3. The normalized spacial score (nSPS) is 15.1. The number of nitrogens with one attached hydrogen (secondary N) is 1. The number of carbonyl (C=O) groups is 1. The summed E-state index contributed by atoms with van der Waals surface area (Å²) >= 11 is 0. The molecule has 0 saturated carbocycles. The molecule has 1 aliphatic rings. The molecule has 0 fully saturated rings. The largest absolute Gasteiger partial charge is 0.477 e. The maximum absolute atomic E-state index is 13.7. The number of fused-ring (bicyclic) bond motifs is 1. The van der Waals surface area contributed by atoms with Crippen LogP contribution in [0.2, 0.25) is 0 Å². The fourth-order valence-electron chi connectivity index (χ4n) is 5.60. The molecule has 3 aromatic rings. The van der Waals surface area contributed by atoms with Crippen molar-refractivity contribution in [3.8, 4) is 0 Å². The number of rotatable bonds is 12. The van der Waals surface area contributed by atoms with Crippen LogP contribution in [0.25, 0.3) is 0 Å².